The topological polar surface area (TPSA) is 71.3 Å². The summed E-state index contributed by atoms with van der Waals surface area (Å²) >= 11 is 1.63. The monoisotopic (exact) mass is 359 g/mol. The van der Waals surface area contributed by atoms with Gasteiger partial charge in [-0.05, 0) is 32.1 Å². The molecule has 0 N–H and O–H groups in total. The standard InChI is InChI=1S/C14H25N5O2S2/c1-17(2)23(20,21)11-5-10-22-14-16-15-13(18-8-3-4-9-18)19(14)12-6-7-12/h12H,3-11H2,1-2H3. The summed E-state index contributed by atoms with van der Waals surface area (Å²) in [6.07, 6.45) is 5.47. The first-order valence-electron chi connectivity index (χ1n) is 8.22. The fourth-order valence-electron chi connectivity index (χ4n) is 2.74. The van der Waals surface area contributed by atoms with Crippen molar-refractivity contribution in [3.8, 4) is 0 Å². The molecule has 9 heteroatoms. The minimum Gasteiger partial charge on any atom is -0.341 e. The van der Waals surface area contributed by atoms with E-state index < -0.39 is 10.0 Å². The first kappa shape index (κ1) is 17.0. The van der Waals surface area contributed by atoms with Gasteiger partial charge in [-0.3, -0.25) is 4.57 Å². The van der Waals surface area contributed by atoms with E-state index in [1.54, 1.807) is 25.9 Å². The van der Waals surface area contributed by atoms with Crippen LogP contribution >= 0.6 is 11.8 Å². The van der Waals surface area contributed by atoms with Crippen LogP contribution in [0.25, 0.3) is 0 Å². The summed E-state index contributed by atoms with van der Waals surface area (Å²) in [4.78, 5) is 2.33. The minimum absolute atomic E-state index is 0.184. The van der Waals surface area contributed by atoms with Gasteiger partial charge in [0.2, 0.25) is 16.0 Å². The maximum absolute atomic E-state index is 11.8. The molecule has 130 valence electrons. The van der Waals surface area contributed by atoms with E-state index in [1.807, 2.05) is 0 Å². The molecule has 1 aromatic rings. The van der Waals surface area contributed by atoms with Crippen LogP contribution in [0.1, 0.15) is 38.1 Å². The quantitative estimate of drug-likeness (QED) is 0.518. The smallest absolute Gasteiger partial charge is 0.228 e. The summed E-state index contributed by atoms with van der Waals surface area (Å²) in [5, 5.41) is 9.71. The van der Waals surface area contributed by atoms with Crippen molar-refractivity contribution in [2.24, 2.45) is 0 Å². The molecule has 1 aliphatic heterocycles. The highest BCUT2D eigenvalue weighted by molar-refractivity contribution is 7.99. The van der Waals surface area contributed by atoms with E-state index in [0.29, 0.717) is 12.5 Å². The largest absolute Gasteiger partial charge is 0.341 e. The van der Waals surface area contributed by atoms with Gasteiger partial charge in [0.25, 0.3) is 0 Å². The maximum atomic E-state index is 11.8. The van der Waals surface area contributed by atoms with E-state index in [4.69, 9.17) is 0 Å². The molecule has 2 fully saturated rings. The fraction of sp³-hybridized carbons (Fsp3) is 0.857. The van der Waals surface area contributed by atoms with Gasteiger partial charge in [0.05, 0.1) is 5.75 Å². The molecule has 1 saturated heterocycles. The Labute approximate surface area is 142 Å². The normalized spacial score (nSPS) is 19.0. The summed E-state index contributed by atoms with van der Waals surface area (Å²) in [6.45, 7) is 2.13. The van der Waals surface area contributed by atoms with E-state index in [9.17, 15) is 8.42 Å². The molecule has 1 saturated carbocycles. The van der Waals surface area contributed by atoms with E-state index in [-0.39, 0.29) is 5.75 Å². The van der Waals surface area contributed by atoms with E-state index in [2.05, 4.69) is 19.7 Å². The third kappa shape index (κ3) is 4.00. The fourth-order valence-corrected chi connectivity index (χ4v) is 4.74. The Hall–Kier alpha value is -0.800. The molecule has 2 aliphatic rings. The van der Waals surface area contributed by atoms with Gasteiger partial charge in [-0.1, -0.05) is 11.8 Å². The lowest BCUT2D eigenvalue weighted by molar-refractivity contribution is 0.520. The Bertz CT molecular complexity index is 634. The molecular formula is C14H25N5O2S2. The van der Waals surface area contributed by atoms with Crippen molar-refractivity contribution in [1.29, 1.82) is 0 Å². The first-order chi connectivity index (χ1) is 11.0. The number of rotatable bonds is 8. The van der Waals surface area contributed by atoms with E-state index >= 15 is 0 Å². The Morgan fingerprint density at radius 1 is 1.22 bits per heavy atom. The summed E-state index contributed by atoms with van der Waals surface area (Å²) < 4.78 is 27.1. The van der Waals surface area contributed by atoms with Crippen LogP contribution in [0.5, 0.6) is 0 Å². The molecule has 1 aliphatic carbocycles. The van der Waals surface area contributed by atoms with Crippen LogP contribution in [0.15, 0.2) is 5.16 Å². The van der Waals surface area contributed by atoms with Crippen LogP contribution < -0.4 is 4.90 Å². The van der Waals surface area contributed by atoms with E-state index in [1.165, 1.54) is 30.0 Å². The van der Waals surface area contributed by atoms with Gasteiger partial charge in [0, 0.05) is 39.0 Å². The van der Waals surface area contributed by atoms with Crippen LogP contribution in [-0.2, 0) is 10.0 Å². The van der Waals surface area contributed by atoms with Crippen molar-refractivity contribution in [2.75, 3.05) is 43.6 Å². The van der Waals surface area contributed by atoms with Gasteiger partial charge in [-0.15, -0.1) is 10.2 Å². The van der Waals surface area contributed by atoms with Gasteiger partial charge < -0.3 is 4.90 Å². The number of hydrogen-bond acceptors (Lipinski definition) is 6. The Morgan fingerprint density at radius 2 is 1.91 bits per heavy atom. The lowest BCUT2D eigenvalue weighted by atomic mass is 10.4. The predicted octanol–water partition coefficient (Wildman–Crippen LogP) is 1.59. The molecule has 0 atom stereocenters. The van der Waals surface area contributed by atoms with Crippen molar-refractivity contribution in [3.05, 3.63) is 0 Å². The molecule has 0 aromatic carbocycles. The molecule has 0 unspecified atom stereocenters. The molecule has 23 heavy (non-hydrogen) atoms. The maximum Gasteiger partial charge on any atom is 0.228 e. The molecule has 0 spiro atoms. The lowest BCUT2D eigenvalue weighted by Crippen LogP contribution is -2.25. The molecule has 0 bridgehead atoms. The third-order valence-corrected chi connectivity index (χ3v) is 7.23. The number of aromatic nitrogens is 3. The second-order valence-corrected chi connectivity index (χ2v) is 9.74. The number of nitrogens with zero attached hydrogens (tertiary/aromatic N) is 5. The second kappa shape index (κ2) is 6.98. The number of hydrogen-bond donors (Lipinski definition) is 0. The summed E-state index contributed by atoms with van der Waals surface area (Å²) in [5.41, 5.74) is 0. The number of sulfonamides is 1. The zero-order valence-corrected chi connectivity index (χ0v) is 15.4. The minimum atomic E-state index is -3.11. The lowest BCUT2D eigenvalue weighted by Gasteiger charge is -2.18. The van der Waals surface area contributed by atoms with Gasteiger partial charge in [-0.25, -0.2) is 12.7 Å². The van der Waals surface area contributed by atoms with Crippen LogP contribution in [0.4, 0.5) is 5.95 Å². The molecule has 2 heterocycles. The highest BCUT2D eigenvalue weighted by Gasteiger charge is 2.32. The predicted molar refractivity (Wildman–Crippen MR) is 92.6 cm³/mol. The van der Waals surface area contributed by atoms with Crippen molar-refractivity contribution in [2.45, 2.75) is 43.3 Å². The number of thioether (sulfide) groups is 1. The molecule has 1 aromatic heterocycles. The highest BCUT2D eigenvalue weighted by atomic mass is 32.2. The molecular weight excluding hydrogens is 334 g/mol. The third-order valence-electron chi connectivity index (χ3n) is 4.28. The van der Waals surface area contributed by atoms with Crippen molar-refractivity contribution in [3.63, 3.8) is 0 Å². The van der Waals surface area contributed by atoms with Crippen LogP contribution in [-0.4, -0.2) is 66.2 Å². The van der Waals surface area contributed by atoms with Crippen molar-refractivity contribution in [1.82, 2.24) is 19.1 Å². The van der Waals surface area contributed by atoms with Gasteiger partial charge in [0.15, 0.2) is 5.16 Å². The summed E-state index contributed by atoms with van der Waals surface area (Å²) in [7, 11) is 0.0501. The van der Waals surface area contributed by atoms with E-state index in [0.717, 1.165) is 29.9 Å². The Balaban J connectivity index is 1.60. The zero-order chi connectivity index (χ0) is 16.4. The highest BCUT2D eigenvalue weighted by Crippen LogP contribution is 2.41. The summed E-state index contributed by atoms with van der Waals surface area (Å²) in [5.74, 6) is 1.94. The average Bonchev–Trinajstić information content (AvgIpc) is 3.03. The first-order valence-corrected chi connectivity index (χ1v) is 10.8. The molecule has 0 amide bonds. The zero-order valence-electron chi connectivity index (χ0n) is 13.8. The van der Waals surface area contributed by atoms with Crippen LogP contribution in [0, 0.1) is 0 Å². The van der Waals surface area contributed by atoms with Crippen molar-refractivity contribution >= 4 is 27.7 Å². The SMILES string of the molecule is CN(C)S(=O)(=O)CCCSc1nnc(N2CCCC2)n1C1CC1. The second-order valence-electron chi connectivity index (χ2n) is 6.38. The molecule has 0 radical (unpaired) electrons. The van der Waals surface area contributed by atoms with Crippen LogP contribution in [0.3, 0.4) is 0 Å². The molecule has 7 nitrogen and oxygen atoms in total. The Kier molecular flexibility index (Phi) is 5.17. The van der Waals surface area contributed by atoms with Gasteiger partial charge in [-0.2, -0.15) is 0 Å². The summed E-state index contributed by atoms with van der Waals surface area (Å²) in [6, 6.07) is 0.536. The number of anilines is 1. The Morgan fingerprint density at radius 3 is 2.52 bits per heavy atom. The van der Waals surface area contributed by atoms with Crippen molar-refractivity contribution < 1.29 is 8.42 Å². The van der Waals surface area contributed by atoms with Crippen LogP contribution in [0.2, 0.25) is 0 Å². The molecule has 3 rings (SSSR count). The van der Waals surface area contributed by atoms with Gasteiger partial charge in [0.1, 0.15) is 0 Å². The van der Waals surface area contributed by atoms with Gasteiger partial charge >= 0.3 is 0 Å². The average molecular weight is 360 g/mol.